The van der Waals surface area contributed by atoms with Crippen LogP contribution in [0.15, 0.2) is 54.0 Å². The third-order valence-corrected chi connectivity index (χ3v) is 5.47. The van der Waals surface area contributed by atoms with Gasteiger partial charge in [0.05, 0.1) is 17.3 Å². The molecule has 29 heavy (non-hydrogen) atoms. The van der Waals surface area contributed by atoms with Crippen LogP contribution >= 0.6 is 34.5 Å². The van der Waals surface area contributed by atoms with Gasteiger partial charge >= 0.3 is 0 Å². The number of benzene rings is 2. The number of anilines is 1. The first-order valence-electron chi connectivity index (χ1n) is 9.11. The van der Waals surface area contributed by atoms with Crippen LogP contribution < -0.4 is 10.1 Å². The van der Waals surface area contributed by atoms with Crippen molar-refractivity contribution in [3.05, 3.63) is 69.1 Å². The quantitative estimate of drug-likeness (QED) is 0.293. The number of ether oxygens (including phenoxy) is 1. The maximum absolute atomic E-state index is 9.57. The summed E-state index contributed by atoms with van der Waals surface area (Å²) < 4.78 is 5.72. The normalized spacial score (nSPS) is 11.2. The van der Waals surface area contributed by atoms with Crippen molar-refractivity contribution in [3.8, 4) is 23.1 Å². The minimum absolute atomic E-state index is 0.434. The minimum atomic E-state index is 0.434. The number of nitriles is 1. The molecular formula is C22H19Cl2N3OS. The molecule has 1 N–H and O–H groups in total. The Morgan fingerprint density at radius 2 is 2.14 bits per heavy atom. The molecule has 0 spiro atoms. The van der Waals surface area contributed by atoms with E-state index >= 15 is 0 Å². The maximum Gasteiger partial charge on any atom is 0.136 e. The van der Waals surface area contributed by atoms with Gasteiger partial charge in [-0.25, -0.2) is 4.98 Å². The Morgan fingerprint density at radius 1 is 1.28 bits per heavy atom. The summed E-state index contributed by atoms with van der Waals surface area (Å²) in [7, 11) is 0. The van der Waals surface area contributed by atoms with Crippen LogP contribution in [0.25, 0.3) is 16.8 Å². The molecule has 1 heterocycles. The van der Waals surface area contributed by atoms with Crippen molar-refractivity contribution in [2.45, 2.75) is 19.8 Å². The largest absolute Gasteiger partial charge is 0.494 e. The summed E-state index contributed by atoms with van der Waals surface area (Å²) in [5.74, 6) is 0.796. The second-order valence-electron chi connectivity index (χ2n) is 6.21. The van der Waals surface area contributed by atoms with Gasteiger partial charge in [0.2, 0.25) is 0 Å². The molecule has 0 fully saturated rings. The molecule has 0 saturated carbocycles. The zero-order valence-electron chi connectivity index (χ0n) is 15.8. The smallest absolute Gasteiger partial charge is 0.136 e. The van der Waals surface area contributed by atoms with E-state index in [0.717, 1.165) is 29.8 Å². The Balaban J connectivity index is 1.75. The number of nitrogens with zero attached hydrogens (tertiary/aromatic N) is 2. The van der Waals surface area contributed by atoms with Gasteiger partial charge in [-0.2, -0.15) is 5.26 Å². The molecule has 7 heteroatoms. The van der Waals surface area contributed by atoms with Crippen molar-refractivity contribution in [1.29, 1.82) is 5.26 Å². The standard InChI is InChI=1S/C22H19Cl2N3OS/c1-2-3-9-28-18-6-4-5-17(11-18)26-13-15(12-25)22-27-21(14-29-22)19-8-7-16(23)10-20(19)24/h4-8,10-11,13-14,26H,2-3,9H2,1H3. The molecule has 3 rings (SSSR count). The fourth-order valence-corrected chi connectivity index (χ4v) is 3.82. The lowest BCUT2D eigenvalue weighted by atomic mass is 10.2. The van der Waals surface area contributed by atoms with E-state index in [1.54, 1.807) is 18.3 Å². The van der Waals surface area contributed by atoms with Gasteiger partial charge in [-0.15, -0.1) is 11.3 Å². The fraction of sp³-hybridized carbons (Fsp3) is 0.182. The molecule has 0 aliphatic heterocycles. The lowest BCUT2D eigenvalue weighted by molar-refractivity contribution is 0.309. The molecule has 0 aliphatic carbocycles. The summed E-state index contributed by atoms with van der Waals surface area (Å²) in [4.78, 5) is 4.56. The Morgan fingerprint density at radius 3 is 2.90 bits per heavy atom. The summed E-state index contributed by atoms with van der Waals surface area (Å²) >= 11 is 13.6. The number of aromatic nitrogens is 1. The summed E-state index contributed by atoms with van der Waals surface area (Å²) in [6.45, 7) is 2.81. The van der Waals surface area contributed by atoms with Crippen LogP contribution in [0.5, 0.6) is 5.75 Å². The van der Waals surface area contributed by atoms with Crippen LogP contribution in [-0.2, 0) is 0 Å². The third-order valence-electron chi connectivity index (χ3n) is 4.05. The Hall–Kier alpha value is -2.52. The number of halogens is 2. The maximum atomic E-state index is 9.57. The van der Waals surface area contributed by atoms with Crippen LogP contribution in [0.2, 0.25) is 10.0 Å². The highest BCUT2D eigenvalue weighted by molar-refractivity contribution is 7.11. The number of rotatable bonds is 8. The Kier molecular flexibility index (Phi) is 7.54. The highest BCUT2D eigenvalue weighted by Gasteiger charge is 2.12. The van der Waals surface area contributed by atoms with Crippen LogP contribution in [0.1, 0.15) is 24.8 Å². The number of unbranched alkanes of at least 4 members (excludes halogenated alkanes) is 1. The molecule has 0 radical (unpaired) electrons. The van der Waals surface area contributed by atoms with Gasteiger partial charge in [-0.3, -0.25) is 0 Å². The lowest BCUT2D eigenvalue weighted by Gasteiger charge is -2.07. The molecule has 0 aliphatic rings. The Labute approximate surface area is 184 Å². The molecule has 0 bridgehead atoms. The zero-order chi connectivity index (χ0) is 20.6. The first kappa shape index (κ1) is 21.2. The van der Waals surface area contributed by atoms with Crippen molar-refractivity contribution in [3.63, 3.8) is 0 Å². The molecule has 0 amide bonds. The SMILES string of the molecule is CCCCOc1cccc(NC=C(C#N)c2nc(-c3ccc(Cl)cc3Cl)cs2)c1. The summed E-state index contributed by atoms with van der Waals surface area (Å²) in [6.07, 6.45) is 3.75. The number of nitrogens with one attached hydrogen (secondary N) is 1. The molecule has 1 aromatic heterocycles. The average Bonchev–Trinajstić information content (AvgIpc) is 3.19. The van der Waals surface area contributed by atoms with E-state index in [2.05, 4.69) is 23.3 Å². The number of hydrogen-bond donors (Lipinski definition) is 1. The lowest BCUT2D eigenvalue weighted by Crippen LogP contribution is -1.97. The van der Waals surface area contributed by atoms with E-state index in [0.29, 0.717) is 32.9 Å². The van der Waals surface area contributed by atoms with Crippen molar-refractivity contribution in [2.24, 2.45) is 0 Å². The van der Waals surface area contributed by atoms with Crippen LogP contribution in [0.3, 0.4) is 0 Å². The van der Waals surface area contributed by atoms with Crippen molar-refractivity contribution in [2.75, 3.05) is 11.9 Å². The number of hydrogen-bond acceptors (Lipinski definition) is 5. The van der Waals surface area contributed by atoms with Crippen molar-refractivity contribution < 1.29 is 4.74 Å². The van der Waals surface area contributed by atoms with Crippen molar-refractivity contribution >= 4 is 45.8 Å². The van der Waals surface area contributed by atoms with Gasteiger partial charge in [0, 0.05) is 33.9 Å². The second-order valence-corrected chi connectivity index (χ2v) is 7.91. The van der Waals surface area contributed by atoms with Gasteiger partial charge in [-0.1, -0.05) is 42.6 Å². The second kappa shape index (κ2) is 10.3. The van der Waals surface area contributed by atoms with E-state index in [-0.39, 0.29) is 0 Å². The molecule has 0 atom stereocenters. The Bertz CT molecular complexity index is 1060. The highest BCUT2D eigenvalue weighted by Crippen LogP contribution is 2.32. The minimum Gasteiger partial charge on any atom is -0.494 e. The molecule has 0 saturated heterocycles. The summed E-state index contributed by atoms with van der Waals surface area (Å²) in [6, 6.07) is 15.1. The van der Waals surface area contributed by atoms with E-state index in [1.807, 2.05) is 35.7 Å². The fourth-order valence-electron chi connectivity index (χ4n) is 2.53. The first-order valence-corrected chi connectivity index (χ1v) is 10.7. The molecular weight excluding hydrogens is 425 g/mol. The van der Waals surface area contributed by atoms with Crippen molar-refractivity contribution in [1.82, 2.24) is 4.98 Å². The molecule has 2 aromatic carbocycles. The van der Waals surface area contributed by atoms with E-state index in [9.17, 15) is 5.26 Å². The van der Waals surface area contributed by atoms with Gasteiger partial charge in [0.15, 0.2) is 0 Å². The first-order chi connectivity index (χ1) is 14.1. The monoisotopic (exact) mass is 443 g/mol. The highest BCUT2D eigenvalue weighted by atomic mass is 35.5. The van der Waals surface area contributed by atoms with Gasteiger partial charge in [-0.05, 0) is 36.8 Å². The van der Waals surface area contributed by atoms with Crippen LogP contribution in [0, 0.1) is 11.3 Å². The number of thiazole rings is 1. The molecule has 148 valence electrons. The summed E-state index contributed by atoms with van der Waals surface area (Å²) in [5.41, 5.74) is 2.76. The molecule has 4 nitrogen and oxygen atoms in total. The van der Waals surface area contributed by atoms with Gasteiger partial charge < -0.3 is 10.1 Å². The van der Waals surface area contributed by atoms with Crippen LogP contribution in [0.4, 0.5) is 5.69 Å². The predicted molar refractivity (Wildman–Crippen MR) is 122 cm³/mol. The average molecular weight is 444 g/mol. The van der Waals surface area contributed by atoms with E-state index < -0.39 is 0 Å². The van der Waals surface area contributed by atoms with E-state index in [4.69, 9.17) is 27.9 Å². The zero-order valence-corrected chi connectivity index (χ0v) is 18.1. The summed E-state index contributed by atoms with van der Waals surface area (Å²) in [5, 5.41) is 16.3. The van der Waals surface area contributed by atoms with Gasteiger partial charge in [0.25, 0.3) is 0 Å². The predicted octanol–water partition coefficient (Wildman–Crippen LogP) is 7.27. The molecule has 0 unspecified atom stereocenters. The third kappa shape index (κ3) is 5.74. The molecule has 3 aromatic rings. The number of allylic oxidation sites excluding steroid dienone is 1. The van der Waals surface area contributed by atoms with Crippen LogP contribution in [-0.4, -0.2) is 11.6 Å². The van der Waals surface area contributed by atoms with Gasteiger partial charge in [0.1, 0.15) is 22.4 Å². The topological polar surface area (TPSA) is 57.9 Å². The van der Waals surface area contributed by atoms with E-state index in [1.165, 1.54) is 11.3 Å².